The molecule has 1 atom stereocenters. The number of ether oxygens (including phenoxy) is 2. The summed E-state index contributed by atoms with van der Waals surface area (Å²) < 4.78 is 38.8. The van der Waals surface area contributed by atoms with Crippen LogP contribution in [0.2, 0.25) is 0 Å². The van der Waals surface area contributed by atoms with E-state index in [1.54, 1.807) is 0 Å². The second-order valence-corrected chi connectivity index (χ2v) is 10.8. The standard InChI is InChI=1S/C20H28N4O7S2/c1-20(2,3)31-19(27)24-9-7-23(8-10-24)18-21-16(12-32-18)33(28,29)22-14-6-5-13(17(25)26)11-15(14)30-4/h5-6,11-12,19,22,27H,7-10H2,1-4H3,(H,25,26). The number of benzene rings is 1. The number of thiazole rings is 1. The van der Waals surface area contributed by atoms with Gasteiger partial charge in [-0.1, -0.05) is 0 Å². The van der Waals surface area contributed by atoms with Crippen molar-refractivity contribution in [3.8, 4) is 5.75 Å². The van der Waals surface area contributed by atoms with Crippen molar-refractivity contribution in [1.82, 2.24) is 9.88 Å². The van der Waals surface area contributed by atoms with Gasteiger partial charge in [0.25, 0.3) is 10.0 Å². The number of hydrogen-bond acceptors (Lipinski definition) is 10. The molecule has 1 saturated heterocycles. The minimum absolute atomic E-state index is 0.0251. The molecule has 182 valence electrons. The highest BCUT2D eigenvalue weighted by molar-refractivity contribution is 7.92. The second kappa shape index (κ2) is 9.81. The zero-order valence-electron chi connectivity index (χ0n) is 18.8. The lowest BCUT2D eigenvalue weighted by Crippen LogP contribution is -2.52. The Hall–Kier alpha value is -2.45. The smallest absolute Gasteiger partial charge is 0.335 e. The maximum atomic E-state index is 12.8. The quantitative estimate of drug-likeness (QED) is 0.460. The zero-order valence-corrected chi connectivity index (χ0v) is 20.4. The first-order valence-electron chi connectivity index (χ1n) is 10.1. The third kappa shape index (κ3) is 6.32. The number of carboxylic acid groups (broad SMARTS) is 1. The van der Waals surface area contributed by atoms with E-state index in [4.69, 9.17) is 14.6 Å². The number of carboxylic acids is 1. The Kier molecular flexibility index (Phi) is 7.49. The first kappa shape index (κ1) is 25.2. The van der Waals surface area contributed by atoms with Crippen LogP contribution in [0.1, 0.15) is 31.1 Å². The number of nitrogens with one attached hydrogen (secondary N) is 1. The molecular weight excluding hydrogens is 472 g/mol. The van der Waals surface area contributed by atoms with Gasteiger partial charge >= 0.3 is 5.97 Å². The Balaban J connectivity index is 1.67. The van der Waals surface area contributed by atoms with Gasteiger partial charge in [-0.2, -0.15) is 8.42 Å². The summed E-state index contributed by atoms with van der Waals surface area (Å²) in [5.41, 5.74) is -0.389. The molecule has 0 radical (unpaired) electrons. The summed E-state index contributed by atoms with van der Waals surface area (Å²) in [6, 6.07) is 3.85. The van der Waals surface area contributed by atoms with Gasteiger partial charge in [0.05, 0.1) is 24.0 Å². The fourth-order valence-corrected chi connectivity index (χ4v) is 5.37. The molecule has 0 amide bonds. The number of aliphatic hydroxyl groups excluding tert-OH is 1. The zero-order chi connectivity index (χ0) is 24.4. The number of aromatic carboxylic acids is 1. The number of anilines is 2. The molecule has 2 aromatic rings. The SMILES string of the molecule is COc1cc(C(=O)O)ccc1NS(=O)(=O)c1csc(N2CCN(C(O)OC(C)(C)C)CC2)n1. The lowest BCUT2D eigenvalue weighted by Gasteiger charge is -2.38. The van der Waals surface area contributed by atoms with Crippen molar-refractivity contribution in [2.45, 2.75) is 37.8 Å². The van der Waals surface area contributed by atoms with Gasteiger partial charge in [0, 0.05) is 31.6 Å². The first-order chi connectivity index (χ1) is 15.4. The van der Waals surface area contributed by atoms with Gasteiger partial charge < -0.3 is 24.6 Å². The second-order valence-electron chi connectivity index (χ2n) is 8.37. The highest BCUT2D eigenvalue weighted by Crippen LogP contribution is 2.30. The van der Waals surface area contributed by atoms with E-state index in [9.17, 15) is 18.3 Å². The summed E-state index contributed by atoms with van der Waals surface area (Å²) in [5.74, 6) is -1.06. The third-order valence-electron chi connectivity index (χ3n) is 4.80. The number of aromatic nitrogens is 1. The van der Waals surface area contributed by atoms with Gasteiger partial charge in [-0.3, -0.25) is 9.62 Å². The van der Waals surface area contributed by atoms with Crippen molar-refractivity contribution in [1.29, 1.82) is 0 Å². The molecule has 1 aliphatic rings. The van der Waals surface area contributed by atoms with Crippen molar-refractivity contribution < 1.29 is 32.9 Å². The average molecular weight is 501 g/mol. The fourth-order valence-electron chi connectivity index (χ4n) is 3.15. The topological polar surface area (TPSA) is 142 Å². The van der Waals surface area contributed by atoms with Crippen LogP contribution in [0.15, 0.2) is 28.6 Å². The summed E-state index contributed by atoms with van der Waals surface area (Å²) in [6.07, 6.45) is -1.01. The van der Waals surface area contributed by atoms with Crippen LogP contribution in [0.3, 0.4) is 0 Å². The normalized spacial score (nSPS) is 16.5. The van der Waals surface area contributed by atoms with Crippen LogP contribution in [0.5, 0.6) is 5.75 Å². The summed E-state index contributed by atoms with van der Waals surface area (Å²) in [7, 11) is -2.69. The van der Waals surface area contributed by atoms with Crippen LogP contribution in [0, 0.1) is 0 Å². The third-order valence-corrected chi connectivity index (χ3v) is 7.09. The molecule has 1 aromatic heterocycles. The molecule has 1 aliphatic heterocycles. The number of rotatable bonds is 8. The van der Waals surface area contributed by atoms with E-state index in [0.717, 1.165) is 0 Å². The van der Waals surface area contributed by atoms with Crippen molar-refractivity contribution in [3.05, 3.63) is 29.1 Å². The van der Waals surface area contributed by atoms with Crippen LogP contribution in [0.25, 0.3) is 0 Å². The molecule has 2 heterocycles. The molecule has 3 rings (SSSR count). The van der Waals surface area contributed by atoms with Crippen LogP contribution < -0.4 is 14.4 Å². The Bertz CT molecular complexity index is 1090. The van der Waals surface area contributed by atoms with E-state index in [0.29, 0.717) is 31.3 Å². The lowest BCUT2D eigenvalue weighted by molar-refractivity contribution is -0.239. The summed E-state index contributed by atoms with van der Waals surface area (Å²) >= 11 is 1.20. The maximum absolute atomic E-state index is 12.8. The molecule has 11 nitrogen and oxygen atoms in total. The Morgan fingerprint density at radius 2 is 1.91 bits per heavy atom. The average Bonchev–Trinajstić information content (AvgIpc) is 3.24. The number of hydrogen-bond donors (Lipinski definition) is 3. The molecule has 1 unspecified atom stereocenters. The molecule has 1 aromatic carbocycles. The van der Waals surface area contributed by atoms with Gasteiger partial charge in [-0.05, 0) is 39.0 Å². The highest BCUT2D eigenvalue weighted by Gasteiger charge is 2.28. The number of carbonyl (C=O) groups is 1. The first-order valence-corrected chi connectivity index (χ1v) is 12.5. The van der Waals surface area contributed by atoms with E-state index in [-0.39, 0.29) is 22.0 Å². The molecule has 13 heteroatoms. The lowest BCUT2D eigenvalue weighted by atomic mass is 10.2. The fraction of sp³-hybridized carbons (Fsp3) is 0.500. The van der Waals surface area contributed by atoms with Gasteiger partial charge in [0.2, 0.25) is 6.41 Å². The maximum Gasteiger partial charge on any atom is 0.335 e. The van der Waals surface area contributed by atoms with Gasteiger partial charge in [0.15, 0.2) is 10.2 Å². The van der Waals surface area contributed by atoms with E-state index in [2.05, 4.69) is 9.71 Å². The predicted molar refractivity (Wildman–Crippen MR) is 124 cm³/mol. The number of nitrogens with zero attached hydrogens (tertiary/aromatic N) is 3. The van der Waals surface area contributed by atoms with Crippen molar-refractivity contribution >= 4 is 38.1 Å². The van der Waals surface area contributed by atoms with Crippen LogP contribution in [-0.2, 0) is 14.8 Å². The number of sulfonamides is 1. The Morgan fingerprint density at radius 3 is 2.48 bits per heavy atom. The molecule has 0 bridgehead atoms. The number of aliphatic hydroxyl groups is 1. The molecule has 33 heavy (non-hydrogen) atoms. The minimum atomic E-state index is -4.02. The summed E-state index contributed by atoms with van der Waals surface area (Å²) in [4.78, 5) is 19.2. The number of methoxy groups -OCH3 is 1. The number of piperazine rings is 1. The Labute approximate surface area is 196 Å². The molecule has 0 aliphatic carbocycles. The largest absolute Gasteiger partial charge is 0.495 e. The summed E-state index contributed by atoms with van der Waals surface area (Å²) in [5, 5.41) is 21.2. The van der Waals surface area contributed by atoms with Crippen LogP contribution in [-0.4, -0.2) is 79.8 Å². The monoisotopic (exact) mass is 500 g/mol. The van der Waals surface area contributed by atoms with Crippen molar-refractivity contribution in [2.24, 2.45) is 0 Å². The van der Waals surface area contributed by atoms with Gasteiger partial charge in [-0.25, -0.2) is 9.78 Å². The molecule has 1 fully saturated rings. The summed E-state index contributed by atoms with van der Waals surface area (Å²) in [6.45, 7) is 7.77. The van der Waals surface area contributed by atoms with Gasteiger partial charge in [-0.15, -0.1) is 11.3 Å². The molecule has 0 saturated carbocycles. The molecule has 0 spiro atoms. The predicted octanol–water partition coefficient (Wildman–Crippen LogP) is 1.86. The van der Waals surface area contributed by atoms with E-state index in [1.807, 2.05) is 30.6 Å². The van der Waals surface area contributed by atoms with E-state index < -0.39 is 28.0 Å². The van der Waals surface area contributed by atoms with Crippen molar-refractivity contribution in [2.75, 3.05) is 42.9 Å². The highest BCUT2D eigenvalue weighted by atomic mass is 32.2. The van der Waals surface area contributed by atoms with Crippen LogP contribution in [0.4, 0.5) is 10.8 Å². The van der Waals surface area contributed by atoms with Gasteiger partial charge in [0.1, 0.15) is 5.75 Å². The van der Waals surface area contributed by atoms with Crippen molar-refractivity contribution in [3.63, 3.8) is 0 Å². The Morgan fingerprint density at radius 1 is 1.24 bits per heavy atom. The molecule has 3 N–H and O–H groups in total. The van der Waals surface area contributed by atoms with Crippen LogP contribution >= 0.6 is 11.3 Å². The van der Waals surface area contributed by atoms with E-state index >= 15 is 0 Å². The minimum Gasteiger partial charge on any atom is -0.495 e. The molecular formula is C20H28N4O7S2. The van der Waals surface area contributed by atoms with E-state index in [1.165, 1.54) is 42.0 Å².